The molecule has 3 N–H and O–H groups in total. The molecule has 0 saturated heterocycles. The maximum absolute atomic E-state index is 13.9. The minimum Gasteiger partial charge on any atom is -0.488 e. The van der Waals surface area contributed by atoms with E-state index in [2.05, 4.69) is 22.2 Å². The van der Waals surface area contributed by atoms with Crippen LogP contribution < -0.4 is 15.8 Å². The van der Waals surface area contributed by atoms with Crippen molar-refractivity contribution in [1.82, 2.24) is 9.97 Å². The molecule has 0 bridgehead atoms. The number of alkyl halides is 1. The topological polar surface area (TPSA) is 73.1 Å². The first-order valence-electron chi connectivity index (χ1n) is 9.17. The molecule has 5 nitrogen and oxygen atoms in total. The highest BCUT2D eigenvalue weighted by Gasteiger charge is 2.17. The van der Waals surface area contributed by atoms with Gasteiger partial charge in [-0.15, -0.1) is 0 Å². The van der Waals surface area contributed by atoms with Crippen molar-refractivity contribution in [2.24, 2.45) is 0 Å². The van der Waals surface area contributed by atoms with Gasteiger partial charge >= 0.3 is 0 Å². The highest BCUT2D eigenvalue weighted by atomic mass is 19.1. The van der Waals surface area contributed by atoms with E-state index >= 15 is 0 Å². The predicted octanol–water partition coefficient (Wildman–Crippen LogP) is 3.06. The fraction of sp³-hybridized carbons (Fsp3) is 0.474. The summed E-state index contributed by atoms with van der Waals surface area (Å²) < 4.78 is 19.7. The maximum atomic E-state index is 13.9. The Balaban J connectivity index is 1.84. The van der Waals surface area contributed by atoms with Crippen molar-refractivity contribution in [3.63, 3.8) is 0 Å². The van der Waals surface area contributed by atoms with Gasteiger partial charge < -0.3 is 15.8 Å². The van der Waals surface area contributed by atoms with Crippen molar-refractivity contribution in [3.05, 3.63) is 41.6 Å². The largest absolute Gasteiger partial charge is 0.488 e. The van der Waals surface area contributed by atoms with E-state index in [-0.39, 0.29) is 5.95 Å². The summed E-state index contributed by atoms with van der Waals surface area (Å²) in [5, 5.41) is 3.24. The molecule has 26 heavy (non-hydrogen) atoms. The zero-order valence-corrected chi connectivity index (χ0v) is 15.9. The number of benzene rings is 1. The molecule has 0 radical (unpaired) electrons. The summed E-state index contributed by atoms with van der Waals surface area (Å²) in [6, 6.07) is 7.64. The van der Waals surface area contributed by atoms with Crippen LogP contribution in [0.2, 0.25) is 0 Å². The van der Waals surface area contributed by atoms with Gasteiger partial charge in [0.2, 0.25) is 5.95 Å². The molecule has 1 unspecified atom stereocenters. The summed E-state index contributed by atoms with van der Waals surface area (Å²) >= 11 is 0. The number of nitrogen functional groups attached to an aromatic ring is 1. The summed E-state index contributed by atoms with van der Waals surface area (Å²) in [6.07, 6.45) is 5.46. The second-order valence-electron chi connectivity index (χ2n) is 6.84. The first kappa shape index (κ1) is 20.0. The number of rotatable bonds is 10. The number of anilines is 2. The minimum absolute atomic E-state index is 0.229. The average Bonchev–Trinajstić information content (AvgIpc) is 2.60. The van der Waals surface area contributed by atoms with Gasteiger partial charge in [0.05, 0.1) is 18.4 Å². The number of hydrogen-bond donors (Lipinski definition) is 2. The molecule has 2 rings (SSSR count). The van der Waals surface area contributed by atoms with Crippen molar-refractivity contribution in [1.29, 1.82) is 0 Å². The van der Waals surface area contributed by atoms with Gasteiger partial charge in [-0.05, 0) is 37.3 Å². The van der Waals surface area contributed by atoms with Crippen LogP contribution in [0.25, 0.3) is 0 Å². The second kappa shape index (κ2) is 9.41. The van der Waals surface area contributed by atoms with E-state index < -0.39 is 5.57 Å². The Labute approximate surface area is 156 Å². The minimum atomic E-state index is -1.31. The van der Waals surface area contributed by atoms with E-state index in [0.717, 1.165) is 37.8 Å². The van der Waals surface area contributed by atoms with Gasteiger partial charge in [-0.25, -0.2) is 9.37 Å². The van der Waals surface area contributed by atoms with Gasteiger partial charge in [0.1, 0.15) is 0 Å². The SMILES string of the molecule is BC(C)(F)c1ccc(CCCOc2cnc(N)nc2NCCCC)cc1. The lowest BCUT2D eigenvalue weighted by atomic mass is 9.79. The molecule has 2 aromatic rings. The number of halogens is 1. The Bertz CT molecular complexity index is 689. The molecular weight excluding hydrogens is 330 g/mol. The molecule has 7 heteroatoms. The maximum Gasteiger partial charge on any atom is 0.222 e. The van der Waals surface area contributed by atoms with Gasteiger partial charge in [0.25, 0.3) is 0 Å². The number of aryl methyl sites for hydroxylation is 1. The number of ether oxygens (including phenoxy) is 1. The smallest absolute Gasteiger partial charge is 0.222 e. The fourth-order valence-electron chi connectivity index (χ4n) is 2.53. The normalized spacial score (nSPS) is 13.2. The van der Waals surface area contributed by atoms with E-state index in [1.54, 1.807) is 21.0 Å². The third kappa shape index (κ3) is 6.21. The third-order valence-corrected chi connectivity index (χ3v) is 4.10. The zero-order valence-electron chi connectivity index (χ0n) is 15.9. The summed E-state index contributed by atoms with van der Waals surface area (Å²) in [5.74, 6) is 1.48. The molecule has 0 aliphatic rings. The predicted molar refractivity (Wildman–Crippen MR) is 107 cm³/mol. The van der Waals surface area contributed by atoms with Gasteiger partial charge in [-0.2, -0.15) is 4.98 Å². The van der Waals surface area contributed by atoms with Crippen LogP contribution in [-0.4, -0.2) is 31.0 Å². The lowest BCUT2D eigenvalue weighted by Gasteiger charge is -2.15. The molecule has 0 spiro atoms. The molecule has 1 aromatic carbocycles. The number of nitrogens with two attached hydrogens (primary N) is 1. The van der Waals surface area contributed by atoms with Crippen LogP contribution in [0.4, 0.5) is 16.2 Å². The summed E-state index contributed by atoms with van der Waals surface area (Å²) in [7, 11) is 1.57. The van der Waals surface area contributed by atoms with Crippen LogP contribution >= 0.6 is 0 Å². The Morgan fingerprint density at radius 3 is 2.65 bits per heavy atom. The standard InChI is InChI=1S/C19H28BFN4O/c1-3-4-11-23-17-16(13-24-18(22)25-17)26-12-5-6-14-7-9-15(10-8-14)19(2,20)21/h7-10,13H,3-6,11-12,20H2,1-2H3,(H3,22,23,24,25). The molecule has 0 saturated carbocycles. The van der Waals surface area contributed by atoms with Gasteiger partial charge in [0.15, 0.2) is 19.4 Å². The lowest BCUT2D eigenvalue weighted by Crippen LogP contribution is -2.14. The van der Waals surface area contributed by atoms with Crippen molar-refractivity contribution in [2.45, 2.75) is 45.1 Å². The van der Waals surface area contributed by atoms with Crippen molar-refractivity contribution in [3.8, 4) is 5.75 Å². The third-order valence-electron chi connectivity index (χ3n) is 4.10. The zero-order chi connectivity index (χ0) is 19.0. The number of nitrogens with one attached hydrogen (secondary N) is 1. The highest BCUT2D eigenvalue weighted by Crippen LogP contribution is 2.23. The molecule has 0 amide bonds. The van der Waals surface area contributed by atoms with E-state index in [1.807, 2.05) is 24.3 Å². The van der Waals surface area contributed by atoms with Gasteiger partial charge in [-0.3, -0.25) is 0 Å². The van der Waals surface area contributed by atoms with Crippen LogP contribution in [0.5, 0.6) is 5.75 Å². The first-order chi connectivity index (χ1) is 12.4. The van der Waals surface area contributed by atoms with Crippen LogP contribution in [0.1, 0.15) is 44.2 Å². The van der Waals surface area contributed by atoms with Crippen molar-refractivity contribution >= 4 is 19.6 Å². The van der Waals surface area contributed by atoms with E-state index in [9.17, 15) is 4.39 Å². The number of unbranched alkanes of at least 4 members (excludes halogenated alkanes) is 1. The number of aromatic nitrogens is 2. The number of nitrogens with zero attached hydrogens (tertiary/aromatic N) is 2. The summed E-state index contributed by atoms with van der Waals surface area (Å²) in [6.45, 7) is 5.07. The molecule has 1 aromatic heterocycles. The molecule has 0 fully saturated rings. The summed E-state index contributed by atoms with van der Waals surface area (Å²) in [5.41, 5.74) is 6.21. The Hall–Kier alpha value is -2.31. The molecule has 140 valence electrons. The quantitative estimate of drug-likeness (QED) is 0.505. The van der Waals surface area contributed by atoms with E-state index in [4.69, 9.17) is 10.5 Å². The van der Waals surface area contributed by atoms with Crippen LogP contribution in [-0.2, 0) is 12.0 Å². The molecule has 1 heterocycles. The Morgan fingerprint density at radius 2 is 2.00 bits per heavy atom. The fourth-order valence-corrected chi connectivity index (χ4v) is 2.53. The highest BCUT2D eigenvalue weighted by molar-refractivity contribution is 6.14. The van der Waals surface area contributed by atoms with Crippen LogP contribution in [0, 0.1) is 0 Å². The van der Waals surface area contributed by atoms with Crippen LogP contribution in [0.3, 0.4) is 0 Å². The molecule has 0 aliphatic heterocycles. The Morgan fingerprint density at radius 1 is 1.27 bits per heavy atom. The average molecular weight is 358 g/mol. The molecule has 0 aliphatic carbocycles. The number of hydrogen-bond acceptors (Lipinski definition) is 5. The molecular formula is C19H28BFN4O. The van der Waals surface area contributed by atoms with Crippen LogP contribution in [0.15, 0.2) is 30.5 Å². The lowest BCUT2D eigenvalue weighted by molar-refractivity contribution is 0.309. The Kier molecular flexibility index (Phi) is 7.24. The van der Waals surface area contributed by atoms with Crippen molar-refractivity contribution in [2.75, 3.05) is 24.2 Å². The van der Waals surface area contributed by atoms with Crippen molar-refractivity contribution < 1.29 is 9.13 Å². The first-order valence-corrected chi connectivity index (χ1v) is 9.17. The monoisotopic (exact) mass is 358 g/mol. The van der Waals surface area contributed by atoms with Gasteiger partial charge in [0, 0.05) is 6.54 Å². The van der Waals surface area contributed by atoms with Gasteiger partial charge in [-0.1, -0.05) is 37.6 Å². The molecule has 1 atom stereocenters. The van der Waals surface area contributed by atoms with E-state index in [0.29, 0.717) is 23.7 Å². The van der Waals surface area contributed by atoms with E-state index in [1.165, 1.54) is 0 Å². The summed E-state index contributed by atoms with van der Waals surface area (Å²) in [4.78, 5) is 8.21. The second-order valence-corrected chi connectivity index (χ2v) is 6.84.